The fraction of sp³-hybridized carbons (Fsp3) is 0.867. The lowest BCUT2D eigenvalue weighted by atomic mass is 10.1. The largest absolute Gasteiger partial charge is 0.389 e. The third-order valence-corrected chi connectivity index (χ3v) is 3.46. The molecule has 1 N–H and O–H groups in total. The maximum Gasteiger partial charge on any atom is 0.0718 e. The summed E-state index contributed by atoms with van der Waals surface area (Å²) in [5.74, 6) is 0. The minimum Gasteiger partial charge on any atom is -0.389 e. The van der Waals surface area contributed by atoms with Crippen LogP contribution in [-0.2, 0) is 0 Å². The molecule has 0 radical (unpaired) electrons. The van der Waals surface area contributed by atoms with E-state index >= 15 is 0 Å². The van der Waals surface area contributed by atoms with E-state index in [4.69, 9.17) is 0 Å². The molecule has 0 unspecified atom stereocenters. The molecule has 106 valence electrons. The number of unbranched alkanes of at least 4 members (excludes halogenated alkanes) is 3. The zero-order chi connectivity index (χ0) is 13.4. The lowest BCUT2D eigenvalue weighted by Crippen LogP contribution is -2.50. The lowest BCUT2D eigenvalue weighted by molar-refractivity contribution is 0.0176. The maximum absolute atomic E-state index is 9.80. The molecule has 1 rings (SSSR count). The number of piperazine rings is 1. The number of hydrogen-bond acceptors (Lipinski definition) is 3. The second kappa shape index (κ2) is 7.93. The van der Waals surface area contributed by atoms with Crippen LogP contribution in [0.2, 0.25) is 0 Å². The third kappa shape index (κ3) is 7.14. The van der Waals surface area contributed by atoms with Crippen LogP contribution in [0.15, 0.2) is 12.7 Å². The number of nitrogens with zero attached hydrogens (tertiary/aromatic N) is 2. The first-order chi connectivity index (χ1) is 8.51. The number of β-amino-alcohol motifs (C(OH)–C–C–N with tert-alkyl or cyclic N) is 1. The Morgan fingerprint density at radius 3 is 2.22 bits per heavy atom. The second-order valence-electron chi connectivity index (χ2n) is 6.07. The predicted octanol–water partition coefficient (Wildman–Crippen LogP) is 2.12. The van der Waals surface area contributed by atoms with Gasteiger partial charge in [0.05, 0.1) is 5.60 Å². The summed E-state index contributed by atoms with van der Waals surface area (Å²) >= 11 is 0. The van der Waals surface area contributed by atoms with Gasteiger partial charge in [-0.1, -0.05) is 12.5 Å². The van der Waals surface area contributed by atoms with Gasteiger partial charge in [-0.3, -0.25) is 4.90 Å². The van der Waals surface area contributed by atoms with Gasteiger partial charge in [0.25, 0.3) is 0 Å². The van der Waals surface area contributed by atoms with E-state index in [9.17, 15) is 5.11 Å². The first-order valence-electron chi connectivity index (χ1n) is 7.29. The molecule has 0 aromatic rings. The summed E-state index contributed by atoms with van der Waals surface area (Å²) in [6, 6.07) is 0. The maximum atomic E-state index is 9.80. The van der Waals surface area contributed by atoms with Gasteiger partial charge >= 0.3 is 0 Å². The molecule has 3 heteroatoms. The molecule has 0 amide bonds. The Morgan fingerprint density at radius 1 is 1.06 bits per heavy atom. The van der Waals surface area contributed by atoms with Gasteiger partial charge in [-0.05, 0) is 39.7 Å². The van der Waals surface area contributed by atoms with Crippen molar-refractivity contribution >= 4 is 0 Å². The van der Waals surface area contributed by atoms with E-state index < -0.39 is 5.60 Å². The molecule has 1 heterocycles. The number of aliphatic hydroxyl groups is 1. The topological polar surface area (TPSA) is 26.7 Å². The van der Waals surface area contributed by atoms with Crippen molar-refractivity contribution in [1.82, 2.24) is 9.80 Å². The van der Waals surface area contributed by atoms with Crippen molar-refractivity contribution in [1.29, 1.82) is 0 Å². The minimum atomic E-state index is -0.563. The van der Waals surface area contributed by atoms with Crippen molar-refractivity contribution in [3.05, 3.63) is 12.7 Å². The molecule has 0 aromatic heterocycles. The van der Waals surface area contributed by atoms with Crippen molar-refractivity contribution in [2.45, 2.75) is 45.1 Å². The molecule has 1 saturated heterocycles. The first kappa shape index (κ1) is 15.7. The molecule has 1 aliphatic rings. The van der Waals surface area contributed by atoms with Crippen molar-refractivity contribution in [3.8, 4) is 0 Å². The predicted molar refractivity (Wildman–Crippen MR) is 77.8 cm³/mol. The summed E-state index contributed by atoms with van der Waals surface area (Å²) in [7, 11) is 0. The number of rotatable bonds is 8. The fourth-order valence-electron chi connectivity index (χ4n) is 2.52. The normalized spacial score (nSPS) is 19.1. The lowest BCUT2D eigenvalue weighted by Gasteiger charge is -2.37. The van der Waals surface area contributed by atoms with Crippen LogP contribution in [0.25, 0.3) is 0 Å². The Kier molecular flexibility index (Phi) is 6.90. The first-order valence-corrected chi connectivity index (χ1v) is 7.29. The number of allylic oxidation sites excluding steroid dienone is 1. The Morgan fingerprint density at radius 2 is 1.67 bits per heavy atom. The van der Waals surface area contributed by atoms with Crippen molar-refractivity contribution in [3.63, 3.8) is 0 Å². The second-order valence-corrected chi connectivity index (χ2v) is 6.07. The van der Waals surface area contributed by atoms with E-state index in [1.807, 2.05) is 19.9 Å². The van der Waals surface area contributed by atoms with Crippen LogP contribution in [0.4, 0.5) is 0 Å². The van der Waals surface area contributed by atoms with Gasteiger partial charge in [-0.25, -0.2) is 0 Å². The SMILES string of the molecule is C=CCCCCCN1CCN(CC(C)(C)O)CC1. The van der Waals surface area contributed by atoms with E-state index in [2.05, 4.69) is 16.4 Å². The molecule has 0 aliphatic carbocycles. The van der Waals surface area contributed by atoms with E-state index in [1.54, 1.807) is 0 Å². The minimum absolute atomic E-state index is 0.563. The van der Waals surface area contributed by atoms with Crippen molar-refractivity contribution < 1.29 is 5.11 Å². The van der Waals surface area contributed by atoms with Gasteiger partial charge in [0, 0.05) is 32.7 Å². The third-order valence-electron chi connectivity index (χ3n) is 3.46. The summed E-state index contributed by atoms with van der Waals surface area (Å²) in [6.45, 7) is 14.0. The van der Waals surface area contributed by atoms with Crippen LogP contribution in [-0.4, -0.2) is 59.8 Å². The molecular weight excluding hydrogens is 224 g/mol. The summed E-state index contributed by atoms with van der Waals surface area (Å²) in [6.07, 6.45) is 7.06. The molecule has 0 spiro atoms. The summed E-state index contributed by atoms with van der Waals surface area (Å²) in [5.41, 5.74) is -0.563. The fourth-order valence-corrected chi connectivity index (χ4v) is 2.52. The molecule has 1 fully saturated rings. The van der Waals surface area contributed by atoms with Crippen LogP contribution < -0.4 is 0 Å². The van der Waals surface area contributed by atoms with Gasteiger partial charge in [0.1, 0.15) is 0 Å². The zero-order valence-corrected chi connectivity index (χ0v) is 12.2. The molecule has 0 bridgehead atoms. The van der Waals surface area contributed by atoms with Gasteiger partial charge in [-0.15, -0.1) is 6.58 Å². The van der Waals surface area contributed by atoms with Crippen molar-refractivity contribution in [2.24, 2.45) is 0 Å². The van der Waals surface area contributed by atoms with Crippen LogP contribution in [0.3, 0.4) is 0 Å². The summed E-state index contributed by atoms with van der Waals surface area (Å²) in [4.78, 5) is 4.92. The molecule has 1 aliphatic heterocycles. The van der Waals surface area contributed by atoms with Crippen LogP contribution in [0.1, 0.15) is 39.5 Å². The van der Waals surface area contributed by atoms with Gasteiger partial charge in [-0.2, -0.15) is 0 Å². The Hall–Kier alpha value is -0.380. The molecule has 18 heavy (non-hydrogen) atoms. The molecule has 3 nitrogen and oxygen atoms in total. The molecule has 0 saturated carbocycles. The van der Waals surface area contributed by atoms with Crippen LogP contribution in [0, 0.1) is 0 Å². The summed E-state index contributed by atoms with van der Waals surface area (Å²) < 4.78 is 0. The standard InChI is InChI=1S/C15H30N2O/c1-4-5-6-7-8-9-16-10-12-17(13-11-16)14-15(2,3)18/h4,18H,1,5-14H2,2-3H3. The zero-order valence-electron chi connectivity index (χ0n) is 12.2. The Balaban J connectivity index is 2.06. The van der Waals surface area contributed by atoms with E-state index in [0.717, 1.165) is 39.1 Å². The highest BCUT2D eigenvalue weighted by Gasteiger charge is 2.22. The highest BCUT2D eigenvalue weighted by molar-refractivity contribution is 4.77. The molecule has 0 atom stereocenters. The van der Waals surface area contributed by atoms with Gasteiger partial charge in [0.15, 0.2) is 0 Å². The average Bonchev–Trinajstić information content (AvgIpc) is 2.29. The summed E-state index contributed by atoms with van der Waals surface area (Å²) in [5, 5.41) is 9.80. The quantitative estimate of drug-likeness (QED) is 0.531. The smallest absolute Gasteiger partial charge is 0.0718 e. The van der Waals surface area contributed by atoms with Gasteiger partial charge in [0.2, 0.25) is 0 Å². The van der Waals surface area contributed by atoms with E-state index in [0.29, 0.717) is 0 Å². The molecule has 0 aromatic carbocycles. The highest BCUT2D eigenvalue weighted by Crippen LogP contribution is 2.10. The van der Waals surface area contributed by atoms with E-state index in [-0.39, 0.29) is 0 Å². The number of hydrogen-bond donors (Lipinski definition) is 1. The van der Waals surface area contributed by atoms with Gasteiger partial charge < -0.3 is 10.0 Å². The monoisotopic (exact) mass is 254 g/mol. The van der Waals surface area contributed by atoms with Crippen molar-refractivity contribution in [2.75, 3.05) is 39.3 Å². The Labute approximate surface area is 112 Å². The Bertz CT molecular complexity index is 227. The van der Waals surface area contributed by atoms with Crippen LogP contribution >= 0.6 is 0 Å². The highest BCUT2D eigenvalue weighted by atomic mass is 16.3. The average molecular weight is 254 g/mol. The van der Waals surface area contributed by atoms with E-state index in [1.165, 1.54) is 25.8 Å². The molecular formula is C15H30N2O. The van der Waals surface area contributed by atoms with Crippen LogP contribution in [0.5, 0.6) is 0 Å².